The Labute approximate surface area is 153 Å². The number of rotatable bonds is 5. The van der Waals surface area contributed by atoms with E-state index in [4.69, 9.17) is 0 Å². The van der Waals surface area contributed by atoms with E-state index in [-0.39, 0.29) is 11.5 Å². The molecule has 0 radical (unpaired) electrons. The van der Waals surface area contributed by atoms with Crippen molar-refractivity contribution in [3.63, 3.8) is 0 Å². The summed E-state index contributed by atoms with van der Waals surface area (Å²) in [5.74, 6) is 0.0356. The van der Waals surface area contributed by atoms with Gasteiger partial charge in [0, 0.05) is 31.1 Å². The highest BCUT2D eigenvalue weighted by molar-refractivity contribution is 5.81. The third-order valence-electron chi connectivity index (χ3n) is 4.83. The molecule has 0 atom stereocenters. The van der Waals surface area contributed by atoms with Crippen molar-refractivity contribution in [1.82, 2.24) is 9.88 Å². The summed E-state index contributed by atoms with van der Waals surface area (Å²) in [6, 6.07) is 15.9. The molecular formula is C22H24N2O2. The van der Waals surface area contributed by atoms with Gasteiger partial charge in [-0.05, 0) is 60.5 Å². The number of pyridine rings is 1. The van der Waals surface area contributed by atoms with E-state index in [1.807, 2.05) is 49.4 Å². The maximum absolute atomic E-state index is 12.4. The van der Waals surface area contributed by atoms with E-state index >= 15 is 0 Å². The predicted molar refractivity (Wildman–Crippen MR) is 105 cm³/mol. The summed E-state index contributed by atoms with van der Waals surface area (Å²) in [7, 11) is 1.80. The Morgan fingerprint density at radius 1 is 1.04 bits per heavy atom. The minimum atomic E-state index is -0.112. The zero-order valence-corrected chi connectivity index (χ0v) is 15.5. The highest BCUT2D eigenvalue weighted by Gasteiger charge is 2.12. The van der Waals surface area contributed by atoms with Gasteiger partial charge in [-0.25, -0.2) is 0 Å². The first kappa shape index (κ1) is 17.9. The lowest BCUT2D eigenvalue weighted by Crippen LogP contribution is -2.27. The van der Waals surface area contributed by atoms with Crippen molar-refractivity contribution in [3.8, 4) is 0 Å². The van der Waals surface area contributed by atoms with Crippen LogP contribution in [-0.4, -0.2) is 22.8 Å². The average Bonchev–Trinajstić information content (AvgIpc) is 2.62. The van der Waals surface area contributed by atoms with E-state index < -0.39 is 0 Å². The molecule has 0 aliphatic carbocycles. The van der Waals surface area contributed by atoms with E-state index in [9.17, 15) is 9.59 Å². The lowest BCUT2D eigenvalue weighted by molar-refractivity contribution is -0.130. The second-order valence-corrected chi connectivity index (χ2v) is 6.88. The summed E-state index contributed by atoms with van der Waals surface area (Å²) >= 11 is 0. The number of H-pyrrole nitrogens is 1. The first-order valence-electron chi connectivity index (χ1n) is 8.85. The van der Waals surface area contributed by atoms with Crippen molar-refractivity contribution < 1.29 is 4.79 Å². The van der Waals surface area contributed by atoms with E-state index in [0.717, 1.165) is 22.0 Å². The number of hydrogen-bond donors (Lipinski definition) is 1. The fourth-order valence-corrected chi connectivity index (χ4v) is 3.09. The zero-order chi connectivity index (χ0) is 18.7. The molecule has 26 heavy (non-hydrogen) atoms. The third-order valence-corrected chi connectivity index (χ3v) is 4.83. The van der Waals surface area contributed by atoms with Crippen molar-refractivity contribution in [1.29, 1.82) is 0 Å². The van der Waals surface area contributed by atoms with Gasteiger partial charge in [0.2, 0.25) is 5.91 Å². The molecule has 0 aliphatic heterocycles. The Bertz CT molecular complexity index is 990. The number of nitrogens with one attached hydrogen (secondary N) is 1. The van der Waals surface area contributed by atoms with Gasteiger partial charge in [0.15, 0.2) is 0 Å². The summed E-state index contributed by atoms with van der Waals surface area (Å²) in [4.78, 5) is 29.4. The second-order valence-electron chi connectivity index (χ2n) is 6.88. The monoisotopic (exact) mass is 348 g/mol. The number of carbonyl (C=O) groups is 1. The molecule has 2 aromatic carbocycles. The average molecular weight is 348 g/mol. The van der Waals surface area contributed by atoms with Gasteiger partial charge in [0.25, 0.3) is 5.56 Å². The molecule has 4 nitrogen and oxygen atoms in total. The van der Waals surface area contributed by atoms with Crippen LogP contribution in [0.4, 0.5) is 0 Å². The predicted octanol–water partition coefficient (Wildman–Crippen LogP) is 3.74. The largest absolute Gasteiger partial charge is 0.341 e. The molecule has 0 bridgehead atoms. The van der Waals surface area contributed by atoms with Gasteiger partial charge in [-0.1, -0.05) is 30.3 Å². The number of nitrogens with zero attached hydrogens (tertiary/aromatic N) is 1. The molecule has 3 rings (SSSR count). The van der Waals surface area contributed by atoms with Crippen LogP contribution in [0.15, 0.2) is 53.3 Å². The van der Waals surface area contributed by atoms with Crippen LogP contribution in [0.3, 0.4) is 0 Å². The van der Waals surface area contributed by atoms with Gasteiger partial charge in [-0.15, -0.1) is 0 Å². The van der Waals surface area contributed by atoms with Crippen LogP contribution in [0.1, 0.15) is 28.7 Å². The quantitative estimate of drug-likeness (QED) is 0.764. The van der Waals surface area contributed by atoms with Crippen LogP contribution in [0, 0.1) is 13.8 Å². The summed E-state index contributed by atoms with van der Waals surface area (Å²) in [6.45, 7) is 4.66. The Kier molecular flexibility index (Phi) is 5.21. The maximum atomic E-state index is 12.4. The number of hydrogen-bond acceptors (Lipinski definition) is 2. The van der Waals surface area contributed by atoms with Crippen molar-refractivity contribution in [2.45, 2.75) is 33.2 Å². The van der Waals surface area contributed by atoms with Crippen molar-refractivity contribution in [2.24, 2.45) is 0 Å². The molecule has 1 N–H and O–H groups in total. The van der Waals surface area contributed by atoms with Gasteiger partial charge >= 0.3 is 0 Å². The second kappa shape index (κ2) is 7.56. The fourth-order valence-electron chi connectivity index (χ4n) is 3.09. The Hall–Kier alpha value is -2.88. The molecule has 0 saturated carbocycles. The molecule has 0 saturated heterocycles. The van der Waals surface area contributed by atoms with Crippen LogP contribution in [-0.2, 0) is 17.8 Å². The van der Waals surface area contributed by atoms with E-state index in [1.165, 1.54) is 5.56 Å². The number of aryl methyl sites for hydroxylation is 3. The number of amides is 1. The van der Waals surface area contributed by atoms with Crippen molar-refractivity contribution in [2.75, 3.05) is 7.05 Å². The van der Waals surface area contributed by atoms with Crippen LogP contribution in [0.25, 0.3) is 10.9 Å². The first-order valence-corrected chi connectivity index (χ1v) is 8.85. The molecule has 1 aromatic heterocycles. The van der Waals surface area contributed by atoms with Crippen molar-refractivity contribution in [3.05, 3.63) is 81.1 Å². The normalized spacial score (nSPS) is 10.9. The summed E-state index contributed by atoms with van der Waals surface area (Å²) in [6.07, 6.45) is 0.763. The molecule has 0 aliphatic rings. The van der Waals surface area contributed by atoms with Gasteiger partial charge in [-0.2, -0.15) is 0 Å². The molecule has 134 valence electrons. The minimum Gasteiger partial charge on any atom is -0.341 e. The topological polar surface area (TPSA) is 53.2 Å². The lowest BCUT2D eigenvalue weighted by Gasteiger charge is -2.17. The molecule has 0 spiro atoms. The number of aromatic nitrogens is 1. The van der Waals surface area contributed by atoms with Gasteiger partial charge < -0.3 is 9.88 Å². The zero-order valence-electron chi connectivity index (χ0n) is 15.5. The van der Waals surface area contributed by atoms with Crippen LogP contribution in [0.2, 0.25) is 0 Å². The Balaban J connectivity index is 1.70. The fraction of sp³-hybridized carbons (Fsp3) is 0.273. The number of fused-ring (bicyclic) bond motifs is 1. The van der Waals surface area contributed by atoms with E-state index in [2.05, 4.69) is 18.0 Å². The molecule has 3 aromatic rings. The van der Waals surface area contributed by atoms with Crippen LogP contribution < -0.4 is 5.56 Å². The molecular weight excluding hydrogens is 324 g/mol. The maximum Gasteiger partial charge on any atom is 0.251 e. The number of aromatic amines is 1. The molecule has 0 unspecified atom stereocenters. The molecule has 1 heterocycles. The lowest BCUT2D eigenvalue weighted by atomic mass is 10.0. The smallest absolute Gasteiger partial charge is 0.251 e. The highest BCUT2D eigenvalue weighted by atomic mass is 16.2. The van der Waals surface area contributed by atoms with Crippen LogP contribution in [0.5, 0.6) is 0 Å². The SMILES string of the molecule is Cc1cc2cc(CCC(=O)N(C)Cc3ccccc3)c(=O)[nH]c2cc1C. The Morgan fingerprint density at radius 3 is 2.46 bits per heavy atom. The third kappa shape index (κ3) is 4.02. The Morgan fingerprint density at radius 2 is 1.73 bits per heavy atom. The first-order chi connectivity index (χ1) is 12.4. The number of carbonyl (C=O) groups excluding carboxylic acids is 1. The van der Waals surface area contributed by atoms with Gasteiger partial charge in [-0.3, -0.25) is 9.59 Å². The summed E-state index contributed by atoms with van der Waals surface area (Å²) in [5.41, 5.74) is 4.82. The summed E-state index contributed by atoms with van der Waals surface area (Å²) < 4.78 is 0. The molecule has 4 heteroatoms. The van der Waals surface area contributed by atoms with E-state index in [1.54, 1.807) is 11.9 Å². The highest BCUT2D eigenvalue weighted by Crippen LogP contribution is 2.17. The van der Waals surface area contributed by atoms with E-state index in [0.29, 0.717) is 24.9 Å². The van der Waals surface area contributed by atoms with Gasteiger partial charge in [0.05, 0.1) is 0 Å². The van der Waals surface area contributed by atoms with Crippen LogP contribution >= 0.6 is 0 Å². The number of benzene rings is 2. The van der Waals surface area contributed by atoms with Crippen molar-refractivity contribution >= 4 is 16.8 Å². The molecule has 1 amide bonds. The standard InChI is InChI=1S/C22H24N2O2/c1-15-11-19-13-18(22(26)23-20(19)12-16(15)2)9-10-21(25)24(3)14-17-7-5-4-6-8-17/h4-8,11-13H,9-10,14H2,1-3H3,(H,23,26). The van der Waals surface area contributed by atoms with Gasteiger partial charge in [0.1, 0.15) is 0 Å². The summed E-state index contributed by atoms with van der Waals surface area (Å²) in [5, 5.41) is 1.01. The minimum absolute atomic E-state index is 0.0356. The molecule has 0 fully saturated rings.